The van der Waals surface area contributed by atoms with Gasteiger partial charge in [0.05, 0.1) is 19.3 Å². The number of halogens is 1. The van der Waals surface area contributed by atoms with Gasteiger partial charge in [0, 0.05) is 13.1 Å². The van der Waals surface area contributed by atoms with E-state index in [1.807, 2.05) is 61.5 Å². The largest absolute Gasteiger partial charge is 0.494 e. The van der Waals surface area contributed by atoms with Crippen molar-refractivity contribution in [1.82, 2.24) is 10.6 Å². The van der Waals surface area contributed by atoms with E-state index in [-0.39, 0.29) is 24.0 Å². The minimum atomic E-state index is -0.478. The maximum atomic E-state index is 10.3. The summed E-state index contributed by atoms with van der Waals surface area (Å²) in [6.45, 7) is 6.85. The number of guanidine groups is 1. The van der Waals surface area contributed by atoms with Crippen molar-refractivity contribution >= 4 is 29.9 Å². The monoisotopic (exact) mass is 497 g/mol. The lowest BCUT2D eigenvalue weighted by molar-refractivity contribution is 0.168. The van der Waals surface area contributed by atoms with Gasteiger partial charge in [0.2, 0.25) is 0 Å². The molecule has 0 heterocycles. The Labute approximate surface area is 185 Å². The molecule has 0 spiro atoms. The lowest BCUT2D eigenvalue weighted by atomic mass is 10.1. The Morgan fingerprint density at radius 1 is 1.07 bits per heavy atom. The van der Waals surface area contributed by atoms with E-state index >= 15 is 0 Å². The summed E-state index contributed by atoms with van der Waals surface area (Å²) in [5.74, 6) is 1.63. The maximum Gasteiger partial charge on any atom is 0.191 e. The van der Waals surface area contributed by atoms with E-state index in [1.54, 1.807) is 0 Å². The van der Waals surface area contributed by atoms with Crippen molar-refractivity contribution in [2.75, 3.05) is 19.7 Å². The lowest BCUT2D eigenvalue weighted by Crippen LogP contribution is -2.38. The predicted molar refractivity (Wildman–Crippen MR) is 126 cm³/mol. The van der Waals surface area contributed by atoms with Crippen molar-refractivity contribution < 1.29 is 9.84 Å². The van der Waals surface area contributed by atoms with E-state index < -0.39 is 6.10 Å². The molecule has 0 aromatic heterocycles. The molecule has 0 radical (unpaired) electrons. The summed E-state index contributed by atoms with van der Waals surface area (Å²) in [4.78, 5) is 4.63. The fourth-order valence-corrected chi connectivity index (χ4v) is 2.63. The highest BCUT2D eigenvalue weighted by Crippen LogP contribution is 2.15. The number of aliphatic hydroxyl groups excluding tert-OH is 1. The van der Waals surface area contributed by atoms with Crippen molar-refractivity contribution in [3.8, 4) is 5.75 Å². The number of rotatable bonds is 10. The van der Waals surface area contributed by atoms with E-state index in [0.29, 0.717) is 19.5 Å². The highest BCUT2D eigenvalue weighted by atomic mass is 127. The molecule has 0 aliphatic carbocycles. The summed E-state index contributed by atoms with van der Waals surface area (Å²) in [7, 11) is 0. The van der Waals surface area contributed by atoms with Gasteiger partial charge in [-0.05, 0) is 43.0 Å². The molecular formula is C22H32IN3O2. The van der Waals surface area contributed by atoms with E-state index in [0.717, 1.165) is 42.4 Å². The van der Waals surface area contributed by atoms with Gasteiger partial charge in [0.25, 0.3) is 0 Å². The number of hydrogen-bond acceptors (Lipinski definition) is 3. The van der Waals surface area contributed by atoms with E-state index in [9.17, 15) is 5.11 Å². The number of ether oxygens (including phenoxy) is 1. The topological polar surface area (TPSA) is 65.9 Å². The Hall–Kier alpha value is -1.80. The van der Waals surface area contributed by atoms with Crippen LogP contribution in [-0.2, 0) is 6.54 Å². The van der Waals surface area contributed by atoms with Crippen molar-refractivity contribution in [1.29, 1.82) is 0 Å². The second kappa shape index (κ2) is 14.2. The molecule has 154 valence electrons. The zero-order valence-corrected chi connectivity index (χ0v) is 19.1. The summed E-state index contributed by atoms with van der Waals surface area (Å²) < 4.78 is 5.68. The Morgan fingerprint density at radius 2 is 1.86 bits per heavy atom. The number of aliphatic imine (C=N–C) groups is 1. The third kappa shape index (κ3) is 8.93. The molecule has 0 aliphatic heterocycles. The zero-order valence-electron chi connectivity index (χ0n) is 16.7. The minimum Gasteiger partial charge on any atom is -0.494 e. The third-order valence-electron chi connectivity index (χ3n) is 4.03. The van der Waals surface area contributed by atoms with Crippen LogP contribution in [0.3, 0.4) is 0 Å². The molecular weight excluding hydrogens is 465 g/mol. The van der Waals surface area contributed by atoms with Gasteiger partial charge in [-0.15, -0.1) is 24.0 Å². The molecule has 2 aromatic rings. The van der Waals surface area contributed by atoms with Crippen LogP contribution in [0.5, 0.6) is 5.75 Å². The molecule has 5 nitrogen and oxygen atoms in total. The quantitative estimate of drug-likeness (QED) is 0.261. The van der Waals surface area contributed by atoms with Crippen molar-refractivity contribution in [2.24, 2.45) is 4.99 Å². The van der Waals surface area contributed by atoms with Gasteiger partial charge in [0.15, 0.2) is 5.96 Å². The van der Waals surface area contributed by atoms with Crippen molar-refractivity contribution in [3.63, 3.8) is 0 Å². The van der Waals surface area contributed by atoms with Gasteiger partial charge < -0.3 is 20.5 Å². The fraction of sp³-hybridized carbons (Fsp3) is 0.409. The summed E-state index contributed by atoms with van der Waals surface area (Å²) in [6, 6.07) is 17.8. The minimum absolute atomic E-state index is 0. The average molecular weight is 497 g/mol. The van der Waals surface area contributed by atoms with Crippen LogP contribution in [0.25, 0.3) is 0 Å². The van der Waals surface area contributed by atoms with Gasteiger partial charge in [-0.2, -0.15) is 0 Å². The standard InChI is InChI=1S/C22H31N3O2.HI/c1-3-15-27-20-12-8-9-18(16-20)17-25-22(23-4-2)24-14-13-21(26)19-10-6-5-7-11-19;/h5-12,16,21,26H,3-4,13-15,17H2,1-2H3,(H2,23,24,25);1H. The summed E-state index contributed by atoms with van der Waals surface area (Å²) in [5, 5.41) is 16.8. The van der Waals surface area contributed by atoms with Gasteiger partial charge in [-0.3, -0.25) is 0 Å². The smallest absolute Gasteiger partial charge is 0.191 e. The number of nitrogens with one attached hydrogen (secondary N) is 2. The molecule has 6 heteroatoms. The molecule has 0 amide bonds. The van der Waals surface area contributed by atoms with Crippen molar-refractivity contribution in [2.45, 2.75) is 39.3 Å². The Morgan fingerprint density at radius 3 is 2.57 bits per heavy atom. The van der Waals surface area contributed by atoms with Crippen LogP contribution in [0.1, 0.15) is 43.9 Å². The summed E-state index contributed by atoms with van der Waals surface area (Å²) in [6.07, 6.45) is 1.13. The molecule has 0 aliphatic rings. The lowest BCUT2D eigenvalue weighted by Gasteiger charge is -2.14. The van der Waals surface area contributed by atoms with E-state index in [2.05, 4.69) is 22.5 Å². The normalized spacial score (nSPS) is 12.0. The molecule has 0 bridgehead atoms. The molecule has 0 fully saturated rings. The molecule has 1 atom stereocenters. The van der Waals surface area contributed by atoms with Crippen LogP contribution in [0, 0.1) is 0 Å². The second-order valence-corrected chi connectivity index (χ2v) is 6.33. The first-order valence-corrected chi connectivity index (χ1v) is 9.69. The third-order valence-corrected chi connectivity index (χ3v) is 4.03. The van der Waals surface area contributed by atoms with Gasteiger partial charge in [0.1, 0.15) is 5.75 Å². The zero-order chi connectivity index (χ0) is 19.3. The summed E-state index contributed by atoms with van der Waals surface area (Å²) >= 11 is 0. The van der Waals surface area contributed by atoms with Crippen LogP contribution in [0.2, 0.25) is 0 Å². The number of hydrogen-bond donors (Lipinski definition) is 3. The first-order valence-electron chi connectivity index (χ1n) is 9.69. The van der Waals surface area contributed by atoms with Crippen LogP contribution >= 0.6 is 24.0 Å². The molecule has 1 unspecified atom stereocenters. The molecule has 28 heavy (non-hydrogen) atoms. The van der Waals surface area contributed by atoms with Crippen LogP contribution < -0.4 is 15.4 Å². The van der Waals surface area contributed by atoms with Crippen LogP contribution in [0.15, 0.2) is 59.6 Å². The number of nitrogens with zero attached hydrogens (tertiary/aromatic N) is 1. The Balaban J connectivity index is 0.00000392. The molecule has 0 saturated carbocycles. The van der Waals surface area contributed by atoms with Crippen LogP contribution in [-0.4, -0.2) is 30.8 Å². The Kier molecular flexibility index (Phi) is 12.3. The van der Waals surface area contributed by atoms with Crippen LogP contribution in [0.4, 0.5) is 0 Å². The van der Waals surface area contributed by atoms with Gasteiger partial charge in [-0.25, -0.2) is 4.99 Å². The first-order chi connectivity index (χ1) is 13.2. The number of aliphatic hydroxyl groups is 1. The van der Waals surface area contributed by atoms with E-state index in [1.165, 1.54) is 0 Å². The predicted octanol–water partition coefficient (Wildman–Crippen LogP) is 4.27. The Bertz CT molecular complexity index is 695. The number of benzene rings is 2. The summed E-state index contributed by atoms with van der Waals surface area (Å²) in [5.41, 5.74) is 2.04. The van der Waals surface area contributed by atoms with E-state index in [4.69, 9.17) is 4.74 Å². The maximum absolute atomic E-state index is 10.3. The SMILES string of the molecule is CCCOc1cccc(CN=C(NCC)NCCC(O)c2ccccc2)c1.I. The molecule has 2 rings (SSSR count). The fourth-order valence-electron chi connectivity index (χ4n) is 2.63. The second-order valence-electron chi connectivity index (χ2n) is 6.33. The van der Waals surface area contributed by atoms with Gasteiger partial charge >= 0.3 is 0 Å². The molecule has 0 saturated heterocycles. The average Bonchev–Trinajstić information content (AvgIpc) is 2.71. The molecule has 2 aromatic carbocycles. The van der Waals surface area contributed by atoms with Gasteiger partial charge in [-0.1, -0.05) is 49.4 Å². The highest BCUT2D eigenvalue weighted by molar-refractivity contribution is 14.0. The first kappa shape index (κ1) is 24.2. The highest BCUT2D eigenvalue weighted by Gasteiger charge is 2.07. The molecule has 3 N–H and O–H groups in total. The van der Waals surface area contributed by atoms with Crippen molar-refractivity contribution in [3.05, 3.63) is 65.7 Å².